The lowest BCUT2D eigenvalue weighted by atomic mass is 9.89. The van der Waals surface area contributed by atoms with E-state index in [4.69, 9.17) is 0 Å². The number of hydrogen-bond donors (Lipinski definition) is 2. The van der Waals surface area contributed by atoms with Gasteiger partial charge in [-0.2, -0.15) is 0 Å². The summed E-state index contributed by atoms with van der Waals surface area (Å²) < 4.78 is 0. The van der Waals surface area contributed by atoms with Crippen molar-refractivity contribution in [1.29, 1.82) is 0 Å². The molecule has 0 spiro atoms. The molecule has 2 aliphatic heterocycles. The van der Waals surface area contributed by atoms with Gasteiger partial charge >= 0.3 is 0 Å². The van der Waals surface area contributed by atoms with E-state index in [1.807, 2.05) is 18.5 Å². The van der Waals surface area contributed by atoms with Gasteiger partial charge in [0, 0.05) is 38.1 Å². The van der Waals surface area contributed by atoms with Gasteiger partial charge in [0.2, 0.25) is 5.95 Å². The predicted molar refractivity (Wildman–Crippen MR) is 66.5 cm³/mol. The molecule has 1 atom stereocenters. The predicted octanol–water partition coefficient (Wildman–Crippen LogP) is 0.559. The van der Waals surface area contributed by atoms with E-state index in [0.717, 1.165) is 31.5 Å². The first-order chi connectivity index (χ1) is 8.43. The molecule has 3 rings (SSSR count). The van der Waals surface area contributed by atoms with E-state index in [1.165, 1.54) is 19.3 Å². The van der Waals surface area contributed by atoms with Crippen molar-refractivity contribution in [2.24, 2.45) is 5.92 Å². The first-order valence-electron chi connectivity index (χ1n) is 6.44. The van der Waals surface area contributed by atoms with Crippen LogP contribution in [0.4, 0.5) is 5.95 Å². The lowest BCUT2D eigenvalue weighted by Crippen LogP contribution is -2.43. The molecule has 92 valence electrons. The minimum absolute atomic E-state index is 0.661. The summed E-state index contributed by atoms with van der Waals surface area (Å²) >= 11 is 0. The van der Waals surface area contributed by atoms with Crippen LogP contribution in [0.15, 0.2) is 18.5 Å². The van der Waals surface area contributed by atoms with Crippen LogP contribution >= 0.6 is 0 Å². The normalized spacial score (nSPS) is 26.4. The maximum atomic E-state index is 4.31. The van der Waals surface area contributed by atoms with E-state index in [1.54, 1.807) is 0 Å². The number of hydrazine groups is 1. The Morgan fingerprint density at radius 2 is 1.88 bits per heavy atom. The van der Waals surface area contributed by atoms with Crippen LogP contribution in [-0.2, 0) is 0 Å². The van der Waals surface area contributed by atoms with Crippen molar-refractivity contribution in [3.63, 3.8) is 0 Å². The van der Waals surface area contributed by atoms with Crippen molar-refractivity contribution in [3.8, 4) is 0 Å². The van der Waals surface area contributed by atoms with Gasteiger partial charge in [0.25, 0.3) is 0 Å². The van der Waals surface area contributed by atoms with Crippen molar-refractivity contribution in [1.82, 2.24) is 20.8 Å². The fourth-order valence-corrected chi connectivity index (χ4v) is 2.81. The summed E-state index contributed by atoms with van der Waals surface area (Å²) in [6.07, 6.45) is 7.36. The summed E-state index contributed by atoms with van der Waals surface area (Å²) in [6.45, 7) is 3.26. The number of nitrogens with one attached hydrogen (secondary N) is 2. The molecule has 0 aromatic carbocycles. The summed E-state index contributed by atoms with van der Waals surface area (Å²) in [7, 11) is 0. The van der Waals surface area contributed by atoms with Crippen molar-refractivity contribution in [3.05, 3.63) is 18.5 Å². The molecule has 0 saturated carbocycles. The maximum absolute atomic E-state index is 4.31. The molecule has 5 heteroatoms. The highest BCUT2D eigenvalue weighted by atomic mass is 15.4. The molecule has 0 amide bonds. The average Bonchev–Trinajstić information content (AvgIpc) is 2.94. The van der Waals surface area contributed by atoms with Gasteiger partial charge in [0.05, 0.1) is 0 Å². The molecule has 0 radical (unpaired) electrons. The van der Waals surface area contributed by atoms with Crippen LogP contribution in [-0.4, -0.2) is 35.6 Å². The fourth-order valence-electron chi connectivity index (χ4n) is 2.81. The van der Waals surface area contributed by atoms with Crippen molar-refractivity contribution in [2.75, 3.05) is 24.5 Å². The smallest absolute Gasteiger partial charge is 0.225 e. The number of hydrogen-bond acceptors (Lipinski definition) is 5. The molecule has 2 saturated heterocycles. The van der Waals surface area contributed by atoms with Crippen molar-refractivity contribution >= 4 is 5.95 Å². The number of anilines is 1. The van der Waals surface area contributed by atoms with E-state index in [-0.39, 0.29) is 0 Å². The Morgan fingerprint density at radius 1 is 1.12 bits per heavy atom. The molecule has 2 N–H and O–H groups in total. The third-order valence-corrected chi connectivity index (χ3v) is 3.81. The second-order valence-electron chi connectivity index (χ2n) is 4.84. The summed E-state index contributed by atoms with van der Waals surface area (Å²) in [6, 6.07) is 2.53. The van der Waals surface area contributed by atoms with Gasteiger partial charge in [-0.1, -0.05) is 0 Å². The van der Waals surface area contributed by atoms with Gasteiger partial charge in [-0.05, 0) is 31.2 Å². The Labute approximate surface area is 102 Å². The monoisotopic (exact) mass is 233 g/mol. The molecule has 3 heterocycles. The lowest BCUT2D eigenvalue weighted by molar-refractivity contribution is 0.309. The SMILES string of the molecule is c1cnc(N2CCC(C3CCNN3)CC2)nc1. The largest absolute Gasteiger partial charge is 0.341 e. The molecule has 0 bridgehead atoms. The van der Waals surface area contributed by atoms with Gasteiger partial charge in [0.15, 0.2) is 0 Å². The zero-order chi connectivity index (χ0) is 11.5. The van der Waals surface area contributed by atoms with Gasteiger partial charge in [-0.25, -0.2) is 9.97 Å². The van der Waals surface area contributed by atoms with Gasteiger partial charge in [0.1, 0.15) is 0 Å². The van der Waals surface area contributed by atoms with E-state index in [9.17, 15) is 0 Å². The highest BCUT2D eigenvalue weighted by molar-refractivity contribution is 5.28. The van der Waals surface area contributed by atoms with Crippen LogP contribution in [0.1, 0.15) is 19.3 Å². The number of nitrogens with zero attached hydrogens (tertiary/aromatic N) is 3. The minimum Gasteiger partial charge on any atom is -0.341 e. The van der Waals surface area contributed by atoms with Crippen LogP contribution in [0.3, 0.4) is 0 Å². The number of rotatable bonds is 2. The van der Waals surface area contributed by atoms with Crippen molar-refractivity contribution in [2.45, 2.75) is 25.3 Å². The molecular weight excluding hydrogens is 214 g/mol. The third-order valence-electron chi connectivity index (χ3n) is 3.81. The minimum atomic E-state index is 0.661. The third kappa shape index (κ3) is 2.40. The molecule has 5 nitrogen and oxygen atoms in total. The lowest BCUT2D eigenvalue weighted by Gasteiger charge is -2.34. The maximum Gasteiger partial charge on any atom is 0.225 e. The second kappa shape index (κ2) is 4.98. The zero-order valence-electron chi connectivity index (χ0n) is 9.97. The van der Waals surface area contributed by atoms with E-state index >= 15 is 0 Å². The Bertz CT molecular complexity index is 341. The van der Waals surface area contributed by atoms with E-state index < -0.39 is 0 Å². The topological polar surface area (TPSA) is 53.1 Å². The second-order valence-corrected chi connectivity index (χ2v) is 4.84. The highest BCUT2D eigenvalue weighted by Gasteiger charge is 2.28. The van der Waals surface area contributed by atoms with Crippen LogP contribution in [0.2, 0.25) is 0 Å². The number of aromatic nitrogens is 2. The zero-order valence-corrected chi connectivity index (χ0v) is 9.97. The fraction of sp³-hybridized carbons (Fsp3) is 0.667. The molecule has 1 aromatic heterocycles. The molecule has 2 aliphatic rings. The van der Waals surface area contributed by atoms with Crippen LogP contribution in [0, 0.1) is 5.92 Å². The summed E-state index contributed by atoms with van der Waals surface area (Å²) in [5, 5.41) is 0. The molecule has 0 aliphatic carbocycles. The molecule has 2 fully saturated rings. The van der Waals surface area contributed by atoms with Gasteiger partial charge in [-0.15, -0.1) is 0 Å². The Morgan fingerprint density at radius 3 is 2.53 bits per heavy atom. The van der Waals surface area contributed by atoms with Crippen LogP contribution in [0.5, 0.6) is 0 Å². The van der Waals surface area contributed by atoms with Gasteiger partial charge < -0.3 is 4.90 Å². The average molecular weight is 233 g/mol. The van der Waals surface area contributed by atoms with Crippen LogP contribution in [0.25, 0.3) is 0 Å². The quantitative estimate of drug-likeness (QED) is 0.781. The summed E-state index contributed by atoms with van der Waals surface area (Å²) in [4.78, 5) is 10.9. The van der Waals surface area contributed by atoms with Crippen LogP contribution < -0.4 is 15.8 Å². The number of piperidine rings is 1. The molecule has 1 aromatic rings. The highest BCUT2D eigenvalue weighted by Crippen LogP contribution is 2.25. The van der Waals surface area contributed by atoms with Crippen molar-refractivity contribution < 1.29 is 0 Å². The van der Waals surface area contributed by atoms with Gasteiger partial charge in [-0.3, -0.25) is 10.9 Å². The standard InChI is InChI=1S/C12H19N5/c1-5-13-12(14-6-1)17-8-3-10(4-9-17)11-2-7-15-16-11/h1,5-6,10-11,15-16H,2-4,7-9H2. The summed E-state index contributed by atoms with van der Waals surface area (Å²) in [5.74, 6) is 1.67. The molecule has 17 heavy (non-hydrogen) atoms. The Balaban J connectivity index is 1.57. The van der Waals surface area contributed by atoms with E-state index in [0.29, 0.717) is 6.04 Å². The van der Waals surface area contributed by atoms with E-state index in [2.05, 4.69) is 25.7 Å². The first-order valence-corrected chi connectivity index (χ1v) is 6.44. The Hall–Kier alpha value is -1.20. The molecule has 1 unspecified atom stereocenters. The Kier molecular flexibility index (Phi) is 3.20. The first kappa shape index (κ1) is 10.9. The molecular formula is C12H19N5. The summed E-state index contributed by atoms with van der Waals surface area (Å²) in [5.41, 5.74) is 6.61.